The van der Waals surface area contributed by atoms with Crippen molar-refractivity contribution in [2.45, 2.75) is 264 Å². The molecule has 64 heavy (non-hydrogen) atoms. The van der Waals surface area contributed by atoms with Crippen molar-refractivity contribution in [3.8, 4) is 0 Å². The van der Waals surface area contributed by atoms with Gasteiger partial charge in [0.2, 0.25) is 0 Å². The van der Waals surface area contributed by atoms with Crippen LogP contribution < -0.4 is 0 Å². The first kappa shape index (κ1) is 60.9. The maximum Gasteiger partial charge on any atom is 0.306 e. The Morgan fingerprint density at radius 3 is 1.03 bits per heavy atom. The summed E-state index contributed by atoms with van der Waals surface area (Å²) in [7, 11) is 0. The van der Waals surface area contributed by atoms with Crippen molar-refractivity contribution in [1.82, 2.24) is 0 Å². The number of rotatable bonds is 48. The van der Waals surface area contributed by atoms with E-state index in [9.17, 15) is 14.4 Å². The van der Waals surface area contributed by atoms with E-state index in [1.807, 2.05) is 30.4 Å². The molecule has 368 valence electrons. The van der Waals surface area contributed by atoms with Crippen LogP contribution in [-0.2, 0) is 28.6 Å². The molecule has 0 amide bonds. The molecular formula is C58H100O6. The van der Waals surface area contributed by atoms with Crippen molar-refractivity contribution in [1.29, 1.82) is 0 Å². The fourth-order valence-corrected chi connectivity index (χ4v) is 7.44. The number of carbonyl (C=O) groups excluding carboxylic acids is 3. The molecule has 0 fully saturated rings. The number of unbranched alkanes of at least 4 members (excludes halogenated alkanes) is 28. The van der Waals surface area contributed by atoms with E-state index in [2.05, 4.69) is 63.3 Å². The van der Waals surface area contributed by atoms with Gasteiger partial charge in [-0.1, -0.05) is 222 Å². The minimum Gasteiger partial charge on any atom is -0.462 e. The van der Waals surface area contributed by atoms with E-state index in [1.165, 1.54) is 141 Å². The van der Waals surface area contributed by atoms with Crippen LogP contribution in [0.2, 0.25) is 0 Å². The van der Waals surface area contributed by atoms with Crippen LogP contribution in [0.5, 0.6) is 0 Å². The van der Waals surface area contributed by atoms with E-state index in [-0.39, 0.29) is 31.1 Å². The Bertz CT molecular complexity index is 1210. The molecule has 0 aliphatic rings. The van der Waals surface area contributed by atoms with Gasteiger partial charge in [-0.25, -0.2) is 0 Å². The third-order valence-corrected chi connectivity index (χ3v) is 11.5. The fraction of sp³-hybridized carbons (Fsp3) is 0.741. The lowest BCUT2D eigenvalue weighted by atomic mass is 10.1. The van der Waals surface area contributed by atoms with Crippen LogP contribution in [0, 0.1) is 0 Å². The Hall–Kier alpha value is -3.15. The Morgan fingerprint density at radius 2 is 0.625 bits per heavy atom. The van der Waals surface area contributed by atoms with Gasteiger partial charge in [-0.05, 0) is 89.9 Å². The summed E-state index contributed by atoms with van der Waals surface area (Å²) < 4.78 is 16.8. The van der Waals surface area contributed by atoms with Gasteiger partial charge in [0.1, 0.15) is 13.2 Å². The molecule has 0 saturated heterocycles. The van der Waals surface area contributed by atoms with Gasteiger partial charge in [0.15, 0.2) is 6.10 Å². The molecule has 0 saturated carbocycles. The largest absolute Gasteiger partial charge is 0.462 e. The second-order valence-electron chi connectivity index (χ2n) is 17.8. The van der Waals surface area contributed by atoms with Crippen LogP contribution in [0.3, 0.4) is 0 Å². The van der Waals surface area contributed by atoms with Crippen molar-refractivity contribution in [3.05, 3.63) is 72.9 Å². The summed E-state index contributed by atoms with van der Waals surface area (Å²) in [6.45, 7) is 6.45. The number of hydrogen-bond donors (Lipinski definition) is 0. The summed E-state index contributed by atoms with van der Waals surface area (Å²) in [6, 6.07) is 0. The van der Waals surface area contributed by atoms with E-state index in [0.29, 0.717) is 19.3 Å². The maximum absolute atomic E-state index is 12.8. The maximum atomic E-state index is 12.8. The number of allylic oxidation sites excluding steroid dienone is 12. The third kappa shape index (κ3) is 49.9. The SMILES string of the molecule is CC\C=C/C=C\C=C/C=C\CCCCCC(=O)OCC(COC(=O)CCCCCCC/C=C\CCCCCCCCCCC)OC(=O)CCCCCCCCC/C=C\CCCCCC. The van der Waals surface area contributed by atoms with Gasteiger partial charge in [0.25, 0.3) is 0 Å². The lowest BCUT2D eigenvalue weighted by Crippen LogP contribution is -2.30. The smallest absolute Gasteiger partial charge is 0.306 e. The fourth-order valence-electron chi connectivity index (χ4n) is 7.44. The molecule has 0 N–H and O–H groups in total. The molecule has 1 unspecified atom stereocenters. The standard InChI is InChI=1S/C58H100O6/c1-4-7-10-13-16-19-22-25-27-28-29-31-33-36-39-42-45-48-51-57(60)63-54-55(53-62-56(59)50-47-44-41-38-35-32-24-21-18-15-12-9-6-3)64-58(61)52-49-46-43-40-37-34-30-26-23-20-17-14-11-8-5-2/h9,12,15,18,20-21,23-24,29,31-32,35,55H,4-8,10-11,13-14,16-17,19,22,25-28,30,33-34,36-54H2,1-3H3/b12-9-,18-15-,23-20-,24-21-,31-29-,35-32-. The zero-order valence-electron chi connectivity index (χ0n) is 42.0. The topological polar surface area (TPSA) is 78.9 Å². The minimum atomic E-state index is -0.796. The first-order valence-electron chi connectivity index (χ1n) is 27.0. The average Bonchev–Trinajstić information content (AvgIpc) is 3.29. The summed E-state index contributed by atoms with van der Waals surface area (Å²) in [5.41, 5.74) is 0. The number of carbonyl (C=O) groups is 3. The van der Waals surface area contributed by atoms with Crippen molar-refractivity contribution in [3.63, 3.8) is 0 Å². The molecule has 0 radical (unpaired) electrons. The normalized spacial score (nSPS) is 12.6. The number of hydrogen-bond acceptors (Lipinski definition) is 6. The lowest BCUT2D eigenvalue weighted by molar-refractivity contribution is -0.167. The summed E-state index contributed by atoms with van der Waals surface area (Å²) in [6.07, 6.45) is 66.0. The molecular weight excluding hydrogens is 793 g/mol. The molecule has 0 aromatic carbocycles. The molecule has 1 atom stereocenters. The van der Waals surface area contributed by atoms with Gasteiger partial charge in [0, 0.05) is 19.3 Å². The molecule has 0 aliphatic heterocycles. The Kier molecular flexibility index (Phi) is 49.9. The lowest BCUT2D eigenvalue weighted by Gasteiger charge is -2.18. The third-order valence-electron chi connectivity index (χ3n) is 11.5. The number of ether oxygens (including phenoxy) is 3. The van der Waals surface area contributed by atoms with Crippen LogP contribution in [0.4, 0.5) is 0 Å². The molecule has 0 aromatic rings. The first-order chi connectivity index (χ1) is 31.5. The Labute approximate surface area is 395 Å². The minimum absolute atomic E-state index is 0.0940. The molecule has 0 spiro atoms. The molecule has 0 bridgehead atoms. The van der Waals surface area contributed by atoms with Gasteiger partial charge >= 0.3 is 17.9 Å². The van der Waals surface area contributed by atoms with Crippen LogP contribution in [0.1, 0.15) is 258 Å². The number of esters is 3. The summed E-state index contributed by atoms with van der Waals surface area (Å²) in [5.74, 6) is -0.943. The van der Waals surface area contributed by atoms with E-state index in [0.717, 1.165) is 77.0 Å². The van der Waals surface area contributed by atoms with E-state index < -0.39 is 6.10 Å². The first-order valence-corrected chi connectivity index (χ1v) is 27.0. The Morgan fingerprint density at radius 1 is 0.328 bits per heavy atom. The van der Waals surface area contributed by atoms with E-state index in [4.69, 9.17) is 14.2 Å². The van der Waals surface area contributed by atoms with E-state index >= 15 is 0 Å². The van der Waals surface area contributed by atoms with Crippen LogP contribution >= 0.6 is 0 Å². The van der Waals surface area contributed by atoms with Gasteiger partial charge in [0.05, 0.1) is 0 Å². The molecule has 0 rings (SSSR count). The van der Waals surface area contributed by atoms with Crippen molar-refractivity contribution in [2.75, 3.05) is 13.2 Å². The molecule has 0 aromatic heterocycles. The van der Waals surface area contributed by atoms with E-state index in [1.54, 1.807) is 0 Å². The average molecular weight is 893 g/mol. The van der Waals surface area contributed by atoms with Crippen LogP contribution in [-0.4, -0.2) is 37.2 Å². The van der Waals surface area contributed by atoms with Gasteiger partial charge in [-0.2, -0.15) is 0 Å². The highest BCUT2D eigenvalue weighted by atomic mass is 16.6. The monoisotopic (exact) mass is 893 g/mol. The molecule has 6 nitrogen and oxygen atoms in total. The Balaban J connectivity index is 4.42. The summed E-state index contributed by atoms with van der Waals surface area (Å²) >= 11 is 0. The quantitative estimate of drug-likeness (QED) is 0.0199. The molecule has 0 heterocycles. The highest BCUT2D eigenvalue weighted by Gasteiger charge is 2.19. The van der Waals surface area contributed by atoms with Crippen molar-refractivity contribution >= 4 is 17.9 Å². The van der Waals surface area contributed by atoms with Crippen LogP contribution in [0.25, 0.3) is 0 Å². The van der Waals surface area contributed by atoms with Gasteiger partial charge in [-0.3, -0.25) is 14.4 Å². The highest BCUT2D eigenvalue weighted by molar-refractivity contribution is 5.71. The predicted molar refractivity (Wildman–Crippen MR) is 274 cm³/mol. The molecule has 0 aliphatic carbocycles. The highest BCUT2D eigenvalue weighted by Crippen LogP contribution is 2.15. The second kappa shape index (κ2) is 52.5. The zero-order chi connectivity index (χ0) is 46.5. The van der Waals surface area contributed by atoms with Crippen molar-refractivity contribution in [2.24, 2.45) is 0 Å². The van der Waals surface area contributed by atoms with Crippen LogP contribution in [0.15, 0.2) is 72.9 Å². The van der Waals surface area contributed by atoms with Crippen molar-refractivity contribution < 1.29 is 28.6 Å². The zero-order valence-corrected chi connectivity index (χ0v) is 42.0. The van der Waals surface area contributed by atoms with Gasteiger partial charge < -0.3 is 14.2 Å². The summed E-state index contributed by atoms with van der Waals surface area (Å²) in [4.78, 5) is 38.0. The molecule has 6 heteroatoms. The summed E-state index contributed by atoms with van der Waals surface area (Å²) in [5, 5.41) is 0. The second-order valence-corrected chi connectivity index (χ2v) is 17.8. The predicted octanol–water partition coefficient (Wildman–Crippen LogP) is 17.8. The van der Waals surface area contributed by atoms with Gasteiger partial charge in [-0.15, -0.1) is 0 Å².